The Labute approximate surface area is 146 Å². The predicted octanol–water partition coefficient (Wildman–Crippen LogP) is 2.74. The van der Waals surface area contributed by atoms with E-state index >= 15 is 0 Å². The number of anilines is 1. The van der Waals surface area contributed by atoms with E-state index in [1.54, 1.807) is 44.2 Å². The van der Waals surface area contributed by atoms with Crippen LogP contribution in [0.5, 0.6) is 0 Å². The molecular formula is C17H15N3O4S. The third kappa shape index (κ3) is 3.03. The first kappa shape index (κ1) is 16.8. The van der Waals surface area contributed by atoms with Gasteiger partial charge in [0.2, 0.25) is 5.91 Å². The number of para-hydroxylation sites is 1. The number of nitrogens with one attached hydrogen (secondary N) is 1. The van der Waals surface area contributed by atoms with Crippen LogP contribution in [0, 0.1) is 5.92 Å². The van der Waals surface area contributed by atoms with Gasteiger partial charge in [-0.05, 0) is 12.1 Å². The van der Waals surface area contributed by atoms with Gasteiger partial charge in [0.25, 0.3) is 5.56 Å². The SMILES string of the molecule is CC(C)C(=O)Nc1scc2c(C(=O)O)nn(-c3ccccc3)c(=O)c12. The molecule has 0 bridgehead atoms. The molecule has 0 radical (unpaired) electrons. The molecule has 1 aromatic carbocycles. The van der Waals surface area contributed by atoms with Gasteiger partial charge in [-0.15, -0.1) is 11.3 Å². The lowest BCUT2D eigenvalue weighted by molar-refractivity contribution is -0.118. The van der Waals surface area contributed by atoms with E-state index in [4.69, 9.17) is 0 Å². The van der Waals surface area contributed by atoms with E-state index in [2.05, 4.69) is 10.4 Å². The number of carboxylic acid groups (broad SMARTS) is 1. The van der Waals surface area contributed by atoms with E-state index < -0.39 is 11.5 Å². The highest BCUT2D eigenvalue weighted by Gasteiger charge is 2.22. The maximum Gasteiger partial charge on any atom is 0.357 e. The van der Waals surface area contributed by atoms with Gasteiger partial charge in [-0.2, -0.15) is 9.78 Å². The zero-order valence-electron chi connectivity index (χ0n) is 13.5. The normalized spacial score (nSPS) is 11.0. The number of nitrogens with zero attached hydrogens (tertiary/aromatic N) is 2. The molecule has 25 heavy (non-hydrogen) atoms. The van der Waals surface area contributed by atoms with Crippen molar-refractivity contribution < 1.29 is 14.7 Å². The van der Waals surface area contributed by atoms with E-state index in [0.29, 0.717) is 10.7 Å². The maximum absolute atomic E-state index is 12.9. The first-order valence-electron chi connectivity index (χ1n) is 7.54. The summed E-state index contributed by atoms with van der Waals surface area (Å²) < 4.78 is 1.05. The molecule has 0 saturated carbocycles. The number of hydrogen-bond acceptors (Lipinski definition) is 5. The highest BCUT2D eigenvalue weighted by atomic mass is 32.1. The molecule has 7 nitrogen and oxygen atoms in total. The van der Waals surface area contributed by atoms with Crippen LogP contribution in [0.3, 0.4) is 0 Å². The lowest BCUT2D eigenvalue weighted by Crippen LogP contribution is -2.25. The largest absolute Gasteiger partial charge is 0.476 e. The van der Waals surface area contributed by atoms with Gasteiger partial charge in [-0.25, -0.2) is 4.79 Å². The summed E-state index contributed by atoms with van der Waals surface area (Å²) in [5.74, 6) is -1.76. The van der Waals surface area contributed by atoms with Crippen LogP contribution < -0.4 is 10.9 Å². The Kier molecular flexibility index (Phi) is 4.37. The lowest BCUT2D eigenvalue weighted by atomic mass is 10.2. The number of benzene rings is 1. The number of carboxylic acids is 1. The predicted molar refractivity (Wildman–Crippen MR) is 95.6 cm³/mol. The topological polar surface area (TPSA) is 101 Å². The number of carbonyl (C=O) groups is 2. The van der Waals surface area contributed by atoms with Crippen molar-refractivity contribution in [3.8, 4) is 5.69 Å². The highest BCUT2D eigenvalue weighted by molar-refractivity contribution is 7.16. The third-order valence-corrected chi connectivity index (χ3v) is 4.51. The summed E-state index contributed by atoms with van der Waals surface area (Å²) in [5, 5.41) is 18.4. The minimum absolute atomic E-state index is 0.148. The van der Waals surface area contributed by atoms with Gasteiger partial charge >= 0.3 is 5.97 Å². The van der Waals surface area contributed by atoms with Crippen LogP contribution >= 0.6 is 11.3 Å². The van der Waals surface area contributed by atoms with Crippen molar-refractivity contribution in [2.45, 2.75) is 13.8 Å². The fourth-order valence-corrected chi connectivity index (χ4v) is 3.24. The second kappa shape index (κ2) is 6.48. The van der Waals surface area contributed by atoms with Crippen molar-refractivity contribution in [1.82, 2.24) is 9.78 Å². The molecule has 2 aromatic heterocycles. The van der Waals surface area contributed by atoms with E-state index in [1.807, 2.05) is 0 Å². The van der Waals surface area contributed by atoms with Crippen LogP contribution in [-0.2, 0) is 4.79 Å². The van der Waals surface area contributed by atoms with Crippen LogP contribution in [0.25, 0.3) is 16.5 Å². The van der Waals surface area contributed by atoms with Crippen molar-refractivity contribution >= 4 is 39.0 Å². The van der Waals surface area contributed by atoms with Crippen LogP contribution in [-0.4, -0.2) is 26.8 Å². The van der Waals surface area contributed by atoms with E-state index in [0.717, 1.165) is 16.0 Å². The Hall–Kier alpha value is -3.00. The number of amides is 1. The zero-order valence-corrected chi connectivity index (χ0v) is 14.3. The maximum atomic E-state index is 12.9. The molecule has 1 amide bonds. The van der Waals surface area contributed by atoms with Crippen molar-refractivity contribution in [3.63, 3.8) is 0 Å². The average Bonchev–Trinajstić information content (AvgIpc) is 3.00. The number of rotatable bonds is 4. The Morgan fingerprint density at radius 1 is 1.24 bits per heavy atom. The molecule has 0 spiro atoms. The van der Waals surface area contributed by atoms with Gasteiger partial charge in [0.15, 0.2) is 5.69 Å². The van der Waals surface area contributed by atoms with Crippen LogP contribution in [0.15, 0.2) is 40.5 Å². The summed E-state index contributed by atoms with van der Waals surface area (Å²) in [6.45, 7) is 3.47. The monoisotopic (exact) mass is 357 g/mol. The second-order valence-corrected chi connectivity index (χ2v) is 6.58. The Bertz CT molecular complexity index is 1020. The quantitative estimate of drug-likeness (QED) is 0.748. The molecule has 0 aliphatic heterocycles. The van der Waals surface area contributed by atoms with Gasteiger partial charge in [0, 0.05) is 16.7 Å². The van der Waals surface area contributed by atoms with E-state index in [1.165, 1.54) is 5.38 Å². The molecule has 0 fully saturated rings. The summed E-state index contributed by atoms with van der Waals surface area (Å²) in [5.41, 5.74) is -0.268. The molecule has 128 valence electrons. The minimum Gasteiger partial charge on any atom is -0.476 e. The van der Waals surface area contributed by atoms with Crippen molar-refractivity contribution in [1.29, 1.82) is 0 Å². The molecule has 0 unspecified atom stereocenters. The lowest BCUT2D eigenvalue weighted by Gasteiger charge is -2.09. The van der Waals surface area contributed by atoms with Crippen molar-refractivity contribution in [3.05, 3.63) is 51.8 Å². The molecule has 2 heterocycles. The Balaban J connectivity index is 2.29. The molecule has 0 atom stereocenters. The first-order chi connectivity index (χ1) is 11.9. The fourth-order valence-electron chi connectivity index (χ4n) is 2.30. The molecule has 0 saturated heterocycles. The summed E-state index contributed by atoms with van der Waals surface area (Å²) in [6, 6.07) is 8.55. The first-order valence-corrected chi connectivity index (χ1v) is 8.42. The molecule has 8 heteroatoms. The van der Waals surface area contributed by atoms with E-state index in [-0.39, 0.29) is 28.3 Å². The number of thiophene rings is 1. The minimum atomic E-state index is -1.24. The number of aromatic nitrogens is 2. The molecule has 0 aliphatic carbocycles. The zero-order chi connectivity index (χ0) is 18.1. The Morgan fingerprint density at radius 2 is 1.92 bits per heavy atom. The van der Waals surface area contributed by atoms with Crippen LogP contribution in [0.4, 0.5) is 5.00 Å². The van der Waals surface area contributed by atoms with Gasteiger partial charge in [0.05, 0.1) is 11.1 Å². The molecular weight excluding hydrogens is 342 g/mol. The summed E-state index contributed by atoms with van der Waals surface area (Å²) >= 11 is 1.11. The highest BCUT2D eigenvalue weighted by Crippen LogP contribution is 2.30. The van der Waals surface area contributed by atoms with Gasteiger partial charge in [-0.1, -0.05) is 32.0 Å². The standard InChI is InChI=1S/C17H15N3O4S/c1-9(2)14(21)18-15-12-11(8-25-15)13(17(23)24)19-20(16(12)22)10-6-4-3-5-7-10/h3-9H,1-2H3,(H,18,21)(H,23,24). The van der Waals surface area contributed by atoms with Crippen LogP contribution in [0.1, 0.15) is 24.3 Å². The molecule has 3 aromatic rings. The smallest absolute Gasteiger partial charge is 0.357 e. The Morgan fingerprint density at radius 3 is 2.52 bits per heavy atom. The molecule has 3 rings (SSSR count). The number of aromatic carboxylic acids is 1. The molecule has 0 aliphatic rings. The third-order valence-electron chi connectivity index (χ3n) is 3.62. The average molecular weight is 357 g/mol. The van der Waals surface area contributed by atoms with Gasteiger partial charge in [0.1, 0.15) is 5.00 Å². The van der Waals surface area contributed by atoms with Gasteiger partial charge in [-0.3, -0.25) is 9.59 Å². The summed E-state index contributed by atoms with van der Waals surface area (Å²) in [7, 11) is 0. The number of hydrogen-bond donors (Lipinski definition) is 2. The van der Waals surface area contributed by atoms with Crippen molar-refractivity contribution in [2.24, 2.45) is 5.92 Å². The van der Waals surface area contributed by atoms with E-state index in [9.17, 15) is 19.5 Å². The number of carbonyl (C=O) groups excluding carboxylic acids is 1. The second-order valence-electron chi connectivity index (χ2n) is 5.70. The van der Waals surface area contributed by atoms with Crippen molar-refractivity contribution in [2.75, 3.05) is 5.32 Å². The summed E-state index contributed by atoms with van der Waals surface area (Å²) in [4.78, 5) is 36.5. The molecule has 2 N–H and O–H groups in total. The summed E-state index contributed by atoms with van der Waals surface area (Å²) in [6.07, 6.45) is 0. The van der Waals surface area contributed by atoms with Crippen LogP contribution in [0.2, 0.25) is 0 Å². The fraction of sp³-hybridized carbons (Fsp3) is 0.176. The number of fused-ring (bicyclic) bond motifs is 1. The van der Waals surface area contributed by atoms with Gasteiger partial charge < -0.3 is 10.4 Å².